The number of oxazole rings is 1. The molecule has 16 aromatic rings. The fraction of sp³-hybridized carbons (Fsp3) is 0.262. The van der Waals surface area contributed by atoms with Crippen molar-refractivity contribution in [2.24, 2.45) is 0 Å². The quantitative estimate of drug-likeness (QED) is 0.0251. The largest absolute Gasteiger partial charge is 0.446 e. The van der Waals surface area contributed by atoms with Gasteiger partial charge in [-0.3, -0.25) is 16.0 Å². The molecule has 126 heavy (non-hydrogen) atoms. The molecule has 0 radical (unpaired) electrons. The molecule has 10 aromatic heterocycles. The lowest BCUT2D eigenvalue weighted by atomic mass is 10.1. The Bertz CT molecular complexity index is 6190. The van der Waals surface area contributed by atoms with Gasteiger partial charge in [-0.15, -0.1) is 11.3 Å². The highest BCUT2D eigenvalue weighted by Gasteiger charge is 2.31. The van der Waals surface area contributed by atoms with E-state index < -0.39 is 0 Å². The lowest BCUT2D eigenvalue weighted by molar-refractivity contribution is 0.419. The van der Waals surface area contributed by atoms with Crippen LogP contribution in [0.1, 0.15) is 110 Å². The molecule has 0 unspecified atom stereocenters. The van der Waals surface area contributed by atoms with Gasteiger partial charge in [0.15, 0.2) is 12.2 Å². The number of rotatable bonds is 27. The van der Waals surface area contributed by atoms with Gasteiger partial charge in [-0.1, -0.05) is 115 Å². The van der Waals surface area contributed by atoms with Crippen molar-refractivity contribution in [3.8, 4) is 17.8 Å². The first-order chi connectivity index (χ1) is 61.8. The second kappa shape index (κ2) is 41.5. The van der Waals surface area contributed by atoms with Crippen molar-refractivity contribution in [1.29, 1.82) is 5.26 Å². The van der Waals surface area contributed by atoms with Crippen LogP contribution in [-0.4, -0.2) is 162 Å². The molecule has 4 aliphatic rings. The van der Waals surface area contributed by atoms with Crippen molar-refractivity contribution in [2.75, 3.05) is 104 Å². The standard InChI is InChI=1S/C19H19N7O.C19H15N5OS.C17H19ClN8O.C16H17N7S.C13H14N8O/c1-12-16(21-11-27-12)22-18-23-17(14-5-6-14)24-19(25-18)26(2)15-7-3-13(4-8-15)9-10-20;1-2-4-14-9-15(8-7-12(14)3-1)25-19-23-17(13-5-6-13)22-18(24-19)21-16-10-26-11-20-16;18-13-6-4-5-12(9-13)10-19-14-21-16(22-15-20-11-27-25-15)24-17(23-14)26-7-2-1-3-8-26;1-2-6-12(7-3-1)10-13-18-15(20-14-17-11-24-22-14)21-16(19-13)23-8-4-5-9-23;1-14-10-16-12(17-11-15-8-22-20-11)19-13(18-10)21(2)9-6-4-3-5-7-9/h3-4,7-8,11,14H,5-6,9H2,1-2H3,(H,22,23,24,25);1-4,7-11,13H,5-6H2,(H,21,22,23,24);4-6,9,11H,1-3,7-8,10H2,(H2,19,21,22,23,24,25);1-3,6-7,11H,4-5,8-10H2,(H,18,19,20,21,22);3-8H,1-2H3,(H2,14,16,17,18,19,20). The van der Waals surface area contributed by atoms with E-state index in [0.717, 1.165) is 122 Å². The summed E-state index contributed by atoms with van der Waals surface area (Å²) in [7, 11) is 5.53. The number of aryl methyl sites for hydroxylation is 1. The molecule has 0 atom stereocenters. The Morgan fingerprint density at radius 2 is 1.10 bits per heavy atom. The van der Waals surface area contributed by atoms with Gasteiger partial charge in [0.05, 0.1) is 18.0 Å². The number of halogens is 1. The van der Waals surface area contributed by atoms with Gasteiger partial charge in [-0.2, -0.15) is 99.3 Å². The SMILES string of the molecule is CNc1nc(Nc2ncon2)nc(N(C)c2ccccc2)n1.Cc1ocnc1Nc1nc(C2CC2)nc(N(C)c2ccc(CC#N)cc2)n1.Clc1cccc(CNc2nc(Nc3ncon3)nc(N3CCCCC3)n2)c1.c1ccc(Cc2nc(Nc3ncsn3)nc(N3CCCC3)n2)cc1.c1ccc2cc(Oc3nc(Nc4cscn4)nc(C4CC4)n3)ccc2c1. The van der Waals surface area contributed by atoms with Gasteiger partial charge in [-0.25, -0.2) is 9.97 Å². The van der Waals surface area contributed by atoms with Crippen LogP contribution in [0.2, 0.25) is 5.02 Å². The molecule has 7 N–H and O–H groups in total. The maximum absolute atomic E-state index is 8.81. The van der Waals surface area contributed by atoms with Crippen molar-refractivity contribution < 1.29 is 18.2 Å². The summed E-state index contributed by atoms with van der Waals surface area (Å²) in [6.45, 7) is 6.21. The Kier molecular flexibility index (Phi) is 27.8. The molecule has 2 saturated carbocycles. The highest BCUT2D eigenvalue weighted by atomic mass is 35.5. The van der Waals surface area contributed by atoms with E-state index in [1.165, 1.54) is 72.3 Å². The summed E-state index contributed by atoms with van der Waals surface area (Å²) in [4.78, 5) is 95.8. The number of anilines is 18. The zero-order valence-electron chi connectivity index (χ0n) is 68.7. The van der Waals surface area contributed by atoms with Crippen LogP contribution in [0, 0.1) is 18.3 Å². The first-order valence-electron chi connectivity index (χ1n) is 40.4. The molecule has 2 aliphatic heterocycles. The predicted molar refractivity (Wildman–Crippen MR) is 479 cm³/mol. The number of benzene rings is 6. The third-order valence-electron chi connectivity index (χ3n) is 19.6. The Hall–Kier alpha value is -15.3. The van der Waals surface area contributed by atoms with Crippen LogP contribution in [0.15, 0.2) is 201 Å². The number of hydrogen-bond acceptors (Lipinski definition) is 41. The normalized spacial score (nSPS) is 13.2. The molecule has 42 heteroatoms. The minimum Gasteiger partial charge on any atom is -0.446 e. The second-order valence-electron chi connectivity index (χ2n) is 28.8. The Balaban J connectivity index is 0.000000116. The topological polar surface area (TPSA) is 466 Å². The second-order valence-corrected chi connectivity index (χ2v) is 30.6. The number of fused-ring (bicyclic) bond motifs is 1. The summed E-state index contributed by atoms with van der Waals surface area (Å²) in [6.07, 6.45) is 15.2. The number of hydrogen-bond donors (Lipinski definition) is 7. The average Bonchev–Trinajstić information content (AvgIpc) is 1.72. The average molecular weight is 1750 g/mol. The number of thiazole rings is 1. The summed E-state index contributed by atoms with van der Waals surface area (Å²) in [5.74, 6) is 12.3. The van der Waals surface area contributed by atoms with Gasteiger partial charge in [0, 0.05) is 93.9 Å². The zero-order valence-corrected chi connectivity index (χ0v) is 71.1. The van der Waals surface area contributed by atoms with Crippen molar-refractivity contribution in [2.45, 2.75) is 95.9 Å². The van der Waals surface area contributed by atoms with Crippen molar-refractivity contribution >= 4 is 152 Å². The van der Waals surface area contributed by atoms with E-state index in [2.05, 4.69) is 196 Å². The summed E-state index contributed by atoms with van der Waals surface area (Å²) < 4.78 is 24.7. The van der Waals surface area contributed by atoms with E-state index in [1.54, 1.807) is 18.1 Å². The van der Waals surface area contributed by atoms with Gasteiger partial charge in [0.2, 0.25) is 84.2 Å². The maximum atomic E-state index is 8.81. The monoisotopic (exact) mass is 1750 g/mol. The number of nitrogens with zero attached hydrogens (tertiary/aromatic N) is 28. The molecule has 0 spiro atoms. The lowest BCUT2D eigenvalue weighted by Crippen LogP contribution is -2.31. The number of piperidine rings is 1. The molecular weight excluding hydrogens is 1660 g/mol. The molecule has 39 nitrogen and oxygen atoms in total. The van der Waals surface area contributed by atoms with Gasteiger partial charge in [0.25, 0.3) is 11.9 Å². The first kappa shape index (κ1) is 84.3. The van der Waals surface area contributed by atoms with Crippen LogP contribution in [0.3, 0.4) is 0 Å². The maximum Gasteiger partial charge on any atom is 0.327 e. The lowest BCUT2D eigenvalue weighted by Gasteiger charge is -2.26. The highest BCUT2D eigenvalue weighted by Crippen LogP contribution is 2.41. The third kappa shape index (κ3) is 23.9. The van der Waals surface area contributed by atoms with Gasteiger partial charge in [0.1, 0.15) is 40.3 Å². The summed E-state index contributed by atoms with van der Waals surface area (Å²) in [6, 6.07) is 52.0. The van der Waals surface area contributed by atoms with Gasteiger partial charge in [-0.05, 0) is 163 Å². The van der Waals surface area contributed by atoms with Crippen molar-refractivity contribution in [3.63, 3.8) is 0 Å². The summed E-state index contributed by atoms with van der Waals surface area (Å²) in [5.41, 5.74) is 8.53. The first-order valence-corrected chi connectivity index (χ1v) is 42.6. The van der Waals surface area contributed by atoms with Crippen LogP contribution in [0.4, 0.5) is 106 Å². The molecule has 6 aromatic carbocycles. The molecule has 4 fully saturated rings. The van der Waals surface area contributed by atoms with Crippen LogP contribution in [-0.2, 0) is 19.4 Å². The Morgan fingerprint density at radius 3 is 1.73 bits per heavy atom. The fourth-order valence-corrected chi connectivity index (χ4v) is 13.9. The van der Waals surface area contributed by atoms with Crippen molar-refractivity contribution in [1.82, 2.24) is 114 Å². The summed E-state index contributed by atoms with van der Waals surface area (Å²) in [5, 5.41) is 42.4. The third-order valence-corrected chi connectivity index (χ3v) is 20.9. The van der Waals surface area contributed by atoms with E-state index in [0.29, 0.717) is 131 Å². The fourth-order valence-electron chi connectivity index (χ4n) is 12.8. The van der Waals surface area contributed by atoms with Gasteiger partial charge < -0.3 is 59.1 Å². The van der Waals surface area contributed by atoms with E-state index in [9.17, 15) is 0 Å². The molecule has 20 rings (SSSR count). The number of nitrogens with one attached hydrogen (secondary N) is 7. The Morgan fingerprint density at radius 1 is 0.500 bits per heavy atom. The number of nitriles is 1. The Labute approximate surface area is 735 Å². The molecule has 0 bridgehead atoms. The van der Waals surface area contributed by atoms with Crippen LogP contribution >= 0.6 is 34.5 Å². The summed E-state index contributed by atoms with van der Waals surface area (Å²) >= 11 is 8.85. The van der Waals surface area contributed by atoms with E-state index >= 15 is 0 Å². The number of ether oxygens (including phenoxy) is 1. The predicted octanol–water partition coefficient (Wildman–Crippen LogP) is 16.2. The van der Waals surface area contributed by atoms with Gasteiger partial charge >= 0.3 is 6.01 Å². The number of para-hydroxylation sites is 1. The highest BCUT2D eigenvalue weighted by molar-refractivity contribution is 7.07. The minimum absolute atomic E-state index is 0.279. The van der Waals surface area contributed by atoms with Crippen LogP contribution < -0.4 is 61.6 Å². The molecule has 638 valence electrons. The molecule has 0 amide bonds. The van der Waals surface area contributed by atoms with E-state index in [1.807, 2.05) is 164 Å². The van der Waals surface area contributed by atoms with Crippen LogP contribution in [0.25, 0.3) is 10.8 Å². The molecule has 12 heterocycles. The van der Waals surface area contributed by atoms with Crippen molar-refractivity contribution in [3.05, 3.63) is 232 Å². The van der Waals surface area contributed by atoms with Crippen LogP contribution in [0.5, 0.6) is 11.8 Å². The minimum atomic E-state index is 0.279. The molecule has 2 saturated heterocycles. The smallest absolute Gasteiger partial charge is 0.327 e. The number of aromatic nitrogens is 23. The molecule has 2 aliphatic carbocycles. The zero-order chi connectivity index (χ0) is 86.2. The van der Waals surface area contributed by atoms with E-state index in [4.69, 9.17) is 30.5 Å². The molecular formula is C84H84ClN35O4S2. The van der Waals surface area contributed by atoms with E-state index in [-0.39, 0.29) is 5.95 Å².